The highest BCUT2D eigenvalue weighted by Gasteiger charge is 2.42. The van der Waals surface area contributed by atoms with Crippen molar-refractivity contribution < 1.29 is 4.12 Å². The van der Waals surface area contributed by atoms with Gasteiger partial charge < -0.3 is 9.10 Å². The van der Waals surface area contributed by atoms with Gasteiger partial charge in [-0.1, -0.05) is 81.1 Å². The van der Waals surface area contributed by atoms with Crippen LogP contribution in [0, 0.1) is 0 Å². The molecule has 0 fully saturated rings. The smallest absolute Gasteiger partial charge is 0.280 e. The maximum absolute atomic E-state index is 6.72. The van der Waals surface area contributed by atoms with E-state index in [0.717, 1.165) is 6.54 Å². The van der Waals surface area contributed by atoms with Gasteiger partial charge in [0, 0.05) is 0 Å². The molecule has 0 radical (unpaired) electrons. The van der Waals surface area contributed by atoms with E-state index >= 15 is 0 Å². The van der Waals surface area contributed by atoms with Crippen molar-refractivity contribution in [1.29, 1.82) is 0 Å². The van der Waals surface area contributed by atoms with Crippen molar-refractivity contribution in [1.82, 2.24) is 4.98 Å². The molecule has 0 bridgehead atoms. The van der Waals surface area contributed by atoms with Crippen LogP contribution in [-0.2, 0) is 4.12 Å². The summed E-state index contributed by atoms with van der Waals surface area (Å²) in [5.74, 6) is 0. The lowest BCUT2D eigenvalue weighted by Crippen LogP contribution is -2.58. The summed E-state index contributed by atoms with van der Waals surface area (Å²) in [6.07, 6.45) is 1.20. The van der Waals surface area contributed by atoms with Crippen molar-refractivity contribution in [3.63, 3.8) is 0 Å². The third-order valence-corrected chi connectivity index (χ3v) is 18.3. The first-order valence-corrected chi connectivity index (χ1v) is 18.1. The van der Waals surface area contributed by atoms with Crippen LogP contribution in [-0.4, -0.2) is 31.4 Å². The van der Waals surface area contributed by atoms with Crippen LogP contribution in [0.4, 0.5) is 0 Å². The molecular formula is C20H39NOSi3. The molecule has 1 rings (SSSR count). The lowest BCUT2D eigenvalue weighted by molar-refractivity contribution is 0.475. The van der Waals surface area contributed by atoms with Gasteiger partial charge in [0.25, 0.3) is 8.48 Å². The molecule has 25 heavy (non-hydrogen) atoms. The summed E-state index contributed by atoms with van der Waals surface area (Å²) in [7, 11) is -5.17. The van der Waals surface area contributed by atoms with E-state index in [0.29, 0.717) is 0 Å². The second-order valence-corrected chi connectivity index (χ2v) is 22.6. The molecule has 1 aromatic rings. The number of rotatable bonds is 9. The molecule has 0 saturated heterocycles. The zero-order valence-electron chi connectivity index (χ0n) is 17.7. The minimum atomic E-state index is -2.05. The summed E-state index contributed by atoms with van der Waals surface area (Å²) in [5, 5.41) is 1.78. The summed E-state index contributed by atoms with van der Waals surface area (Å²) < 4.78 is 6.72. The number of benzene rings is 1. The monoisotopic (exact) mass is 393 g/mol. The number of hydrogen-bond acceptors (Lipinski definition) is 2. The van der Waals surface area contributed by atoms with Gasteiger partial charge in [-0.2, -0.15) is 0 Å². The fourth-order valence-electron chi connectivity index (χ4n) is 2.73. The van der Waals surface area contributed by atoms with Crippen LogP contribution in [0.1, 0.15) is 27.2 Å². The lowest BCUT2D eigenvalue weighted by Gasteiger charge is -2.42. The Labute approximate surface area is 159 Å². The van der Waals surface area contributed by atoms with Crippen molar-refractivity contribution in [2.45, 2.75) is 71.0 Å². The molecule has 1 atom stereocenters. The van der Waals surface area contributed by atoms with Gasteiger partial charge >= 0.3 is 0 Å². The normalized spacial score (nSPS) is 15.7. The second kappa shape index (κ2) is 8.48. The highest BCUT2D eigenvalue weighted by molar-refractivity contribution is 6.90. The third kappa shape index (κ3) is 6.64. The van der Waals surface area contributed by atoms with Crippen LogP contribution in [0.2, 0.25) is 43.8 Å². The Hall–Kier alpha value is -0.469. The summed E-state index contributed by atoms with van der Waals surface area (Å²) in [5.41, 5.74) is 2.06. The Bertz CT molecular complexity index is 552. The average Bonchev–Trinajstić information content (AvgIpc) is 2.51. The van der Waals surface area contributed by atoms with E-state index in [-0.39, 0.29) is 5.04 Å². The zero-order chi connectivity index (χ0) is 19.4. The Morgan fingerprint density at radius 1 is 1.04 bits per heavy atom. The topological polar surface area (TPSA) is 21.3 Å². The second-order valence-electron chi connectivity index (χ2n) is 9.45. The molecule has 0 aliphatic carbocycles. The molecule has 0 amide bonds. The molecule has 0 aromatic heterocycles. The molecule has 0 aliphatic rings. The van der Waals surface area contributed by atoms with E-state index in [2.05, 4.69) is 101 Å². The molecule has 5 heteroatoms. The number of nitrogens with one attached hydrogen (secondary N) is 1. The summed E-state index contributed by atoms with van der Waals surface area (Å²) >= 11 is 0. The zero-order valence-corrected chi connectivity index (χ0v) is 20.7. The van der Waals surface area contributed by atoms with Crippen LogP contribution in [0.5, 0.6) is 0 Å². The van der Waals surface area contributed by atoms with Crippen LogP contribution in [0.25, 0.3) is 0 Å². The summed E-state index contributed by atoms with van der Waals surface area (Å²) in [4.78, 5) is 3.75. The number of hydrogen-bond donors (Lipinski definition) is 1. The van der Waals surface area contributed by atoms with E-state index in [1.165, 1.54) is 12.5 Å². The summed E-state index contributed by atoms with van der Waals surface area (Å²) in [6.45, 7) is 23.8. The highest BCUT2D eigenvalue weighted by atomic mass is 28.4. The molecule has 1 N–H and O–H groups in total. The van der Waals surface area contributed by atoms with Crippen LogP contribution >= 0.6 is 0 Å². The van der Waals surface area contributed by atoms with Crippen LogP contribution in [0.3, 0.4) is 0 Å². The van der Waals surface area contributed by atoms with E-state index in [1.807, 2.05) is 0 Å². The molecule has 142 valence electrons. The van der Waals surface area contributed by atoms with Crippen molar-refractivity contribution in [2.24, 2.45) is 0 Å². The Balaban J connectivity index is 2.59. The molecule has 0 saturated carbocycles. The highest BCUT2D eigenvalue weighted by Crippen LogP contribution is 2.38. The minimum absolute atomic E-state index is 0.230. The largest absolute Gasteiger partial charge is 0.441 e. The van der Waals surface area contributed by atoms with E-state index in [1.54, 1.807) is 5.19 Å². The molecule has 0 spiro atoms. The fourth-order valence-corrected chi connectivity index (χ4v) is 12.1. The molecule has 1 unspecified atom stereocenters. The van der Waals surface area contributed by atoms with E-state index in [4.69, 9.17) is 4.12 Å². The van der Waals surface area contributed by atoms with Crippen LogP contribution in [0.15, 0.2) is 42.6 Å². The van der Waals surface area contributed by atoms with Gasteiger partial charge in [0.15, 0.2) is 8.32 Å². The first-order valence-electron chi connectivity index (χ1n) is 9.47. The quantitative estimate of drug-likeness (QED) is 0.448. The Morgan fingerprint density at radius 3 is 2.08 bits per heavy atom. The van der Waals surface area contributed by atoms with Gasteiger partial charge in [0.1, 0.15) is 0 Å². The van der Waals surface area contributed by atoms with Gasteiger partial charge in [-0.25, -0.2) is 0 Å². The molecule has 0 aliphatic heterocycles. The SMILES string of the molecule is C=C[Si](C)(NCCC[Si](C)(C)c1ccccc1)O[Si](C)(C)C(C)(C)C. The fraction of sp³-hybridized carbons (Fsp3) is 0.600. The lowest BCUT2D eigenvalue weighted by atomic mass is 10.2. The van der Waals surface area contributed by atoms with Gasteiger partial charge in [-0.05, 0) is 37.6 Å². The van der Waals surface area contributed by atoms with Crippen molar-refractivity contribution in [3.8, 4) is 0 Å². The summed E-state index contributed by atoms with van der Waals surface area (Å²) in [6, 6.07) is 12.3. The molecule has 0 heterocycles. The van der Waals surface area contributed by atoms with Crippen molar-refractivity contribution in [2.75, 3.05) is 6.54 Å². The Kier molecular flexibility index (Phi) is 7.66. The van der Waals surface area contributed by atoms with Gasteiger partial charge in [-0.3, -0.25) is 0 Å². The molecular weight excluding hydrogens is 354 g/mol. The van der Waals surface area contributed by atoms with Gasteiger partial charge in [0.05, 0.1) is 8.07 Å². The maximum Gasteiger partial charge on any atom is 0.280 e. The predicted octanol–water partition coefficient (Wildman–Crippen LogP) is 5.40. The van der Waals surface area contributed by atoms with E-state index < -0.39 is 24.9 Å². The third-order valence-electron chi connectivity index (χ3n) is 5.67. The predicted molar refractivity (Wildman–Crippen MR) is 121 cm³/mol. The first kappa shape index (κ1) is 22.6. The maximum atomic E-state index is 6.72. The molecule has 2 nitrogen and oxygen atoms in total. The molecule has 1 aromatic carbocycles. The van der Waals surface area contributed by atoms with E-state index in [9.17, 15) is 0 Å². The van der Waals surface area contributed by atoms with Gasteiger partial charge in [-0.15, -0.1) is 6.58 Å². The Morgan fingerprint density at radius 2 is 1.60 bits per heavy atom. The average molecular weight is 394 g/mol. The van der Waals surface area contributed by atoms with Crippen molar-refractivity contribution in [3.05, 3.63) is 42.6 Å². The van der Waals surface area contributed by atoms with Crippen LogP contribution < -0.4 is 10.2 Å². The first-order chi connectivity index (χ1) is 11.3. The standard InChI is InChI=1S/C20H39NOSi3/c1-10-25(9,22-24(7,8)20(2,3)4)21-17-14-18-23(5,6)19-15-12-11-13-16-19/h10-13,15-16,21H,1,14,17-18H2,2-9H3. The minimum Gasteiger partial charge on any atom is -0.441 e. The van der Waals surface area contributed by atoms with Gasteiger partial charge in [0.2, 0.25) is 0 Å². The van der Waals surface area contributed by atoms with Crippen molar-refractivity contribution >= 4 is 30.1 Å².